The molecule has 5 rings (SSSR count). The molecule has 2 fully saturated rings. The number of ether oxygens (including phenoxy) is 1. The van der Waals surface area contributed by atoms with Gasteiger partial charge in [-0.15, -0.1) is 13.2 Å². The second kappa shape index (κ2) is 11.6. The number of benzene rings is 2. The van der Waals surface area contributed by atoms with E-state index < -0.39 is 46.4 Å². The van der Waals surface area contributed by atoms with E-state index in [2.05, 4.69) is 22.2 Å². The minimum Gasteiger partial charge on any atom is -0.406 e. The highest BCUT2D eigenvalue weighted by atomic mass is 32.2. The van der Waals surface area contributed by atoms with Crippen molar-refractivity contribution in [3.63, 3.8) is 0 Å². The molecule has 13 heteroatoms. The minimum atomic E-state index is -4.93. The van der Waals surface area contributed by atoms with Crippen molar-refractivity contribution in [3.05, 3.63) is 59.2 Å². The fourth-order valence-electron chi connectivity index (χ4n) is 5.73. The van der Waals surface area contributed by atoms with Crippen LogP contribution in [0, 0.1) is 5.92 Å². The fraction of sp³-hybridized carbons (Fsp3) is 0.500. The van der Waals surface area contributed by atoms with Crippen molar-refractivity contribution in [2.24, 2.45) is 11.7 Å². The van der Waals surface area contributed by atoms with Crippen molar-refractivity contribution in [3.8, 4) is 5.75 Å². The zero-order valence-electron chi connectivity index (χ0n) is 22.4. The maximum Gasteiger partial charge on any atom is 0.573 e. The van der Waals surface area contributed by atoms with E-state index in [1.165, 1.54) is 18.4 Å². The number of carbonyl (C=O) groups excluding carboxylic acids is 2. The summed E-state index contributed by atoms with van der Waals surface area (Å²) in [6.07, 6.45) is -0.451. The van der Waals surface area contributed by atoms with Crippen LogP contribution in [0.1, 0.15) is 54.8 Å². The number of hydrogen-bond donors (Lipinski definition) is 2. The Kier molecular flexibility index (Phi) is 8.31. The second-order valence-electron chi connectivity index (χ2n) is 10.9. The molecule has 3 aliphatic rings. The molecule has 1 aliphatic heterocycles. The third-order valence-electron chi connectivity index (χ3n) is 7.86. The Hall–Kier alpha value is -3.16. The molecule has 2 atom stereocenters. The highest BCUT2D eigenvalue weighted by molar-refractivity contribution is 7.89. The van der Waals surface area contributed by atoms with Gasteiger partial charge in [-0.25, -0.2) is 8.42 Å². The van der Waals surface area contributed by atoms with Crippen LogP contribution >= 0.6 is 0 Å². The Morgan fingerprint density at radius 1 is 1.07 bits per heavy atom. The third-order valence-corrected chi connectivity index (χ3v) is 9.78. The van der Waals surface area contributed by atoms with Crippen molar-refractivity contribution in [1.82, 2.24) is 14.5 Å². The first kappa shape index (κ1) is 29.3. The third kappa shape index (κ3) is 6.84. The van der Waals surface area contributed by atoms with E-state index >= 15 is 0 Å². The monoisotopic (exact) mass is 594 g/mol. The van der Waals surface area contributed by atoms with Crippen molar-refractivity contribution < 1.29 is 35.9 Å². The molecule has 0 aromatic heterocycles. The van der Waals surface area contributed by atoms with Crippen molar-refractivity contribution in [2.45, 2.75) is 68.4 Å². The number of sulfonamides is 1. The van der Waals surface area contributed by atoms with E-state index in [-0.39, 0.29) is 24.0 Å². The molecule has 0 radical (unpaired) electrons. The van der Waals surface area contributed by atoms with Gasteiger partial charge in [0.25, 0.3) is 0 Å². The van der Waals surface area contributed by atoms with Crippen LogP contribution in [0.4, 0.5) is 13.2 Å². The first-order valence-corrected chi connectivity index (χ1v) is 15.2. The zero-order valence-corrected chi connectivity index (χ0v) is 23.2. The van der Waals surface area contributed by atoms with Gasteiger partial charge in [0.05, 0.1) is 17.4 Å². The van der Waals surface area contributed by atoms with E-state index in [4.69, 9.17) is 5.73 Å². The maximum absolute atomic E-state index is 13.8. The number of alkyl halides is 3. The predicted octanol–water partition coefficient (Wildman–Crippen LogP) is 3.24. The highest BCUT2D eigenvalue weighted by Gasteiger charge is 2.45. The van der Waals surface area contributed by atoms with Gasteiger partial charge < -0.3 is 20.7 Å². The largest absolute Gasteiger partial charge is 0.573 e. The van der Waals surface area contributed by atoms with Crippen molar-refractivity contribution in [2.75, 3.05) is 19.6 Å². The molecule has 2 aromatic rings. The quantitative estimate of drug-likeness (QED) is 0.436. The number of aryl methyl sites for hydroxylation is 1. The average molecular weight is 595 g/mol. The highest BCUT2D eigenvalue weighted by Crippen LogP contribution is 2.38. The number of primary amides is 1. The predicted molar refractivity (Wildman–Crippen MR) is 143 cm³/mol. The van der Waals surface area contributed by atoms with Crippen molar-refractivity contribution in [1.29, 1.82) is 0 Å². The molecule has 2 amide bonds. The summed E-state index contributed by atoms with van der Waals surface area (Å²) in [6, 6.07) is 8.34. The van der Waals surface area contributed by atoms with E-state index in [0.29, 0.717) is 6.42 Å². The van der Waals surface area contributed by atoms with Gasteiger partial charge in [0.2, 0.25) is 21.8 Å². The number of piperazine rings is 1. The van der Waals surface area contributed by atoms with Gasteiger partial charge in [-0.05, 0) is 85.5 Å². The molecule has 2 aromatic carbocycles. The first-order valence-electron chi connectivity index (χ1n) is 13.7. The standard InChI is InChI=1S/C28H33F3N4O5S/c29-28(30,31)40-21-7-9-22(10-8-21)41(38,39)35-13-12-34(27(37)25(35)15-26(32)36)24-3-1-2-20-14-19(6-11-23(20)24)17-33-16-18-4-5-18/h6-11,14,18,24-25,33H,1-5,12-13,15-17H2,(H2,32,36)/t24-,25?/m1/s1. The van der Waals surface area contributed by atoms with Gasteiger partial charge in [-0.3, -0.25) is 9.59 Å². The molecule has 222 valence electrons. The summed E-state index contributed by atoms with van der Waals surface area (Å²) in [5.41, 5.74) is 8.77. The van der Waals surface area contributed by atoms with Crippen LogP contribution in [0.25, 0.3) is 0 Å². The maximum atomic E-state index is 13.8. The number of nitrogens with zero attached hydrogens (tertiary/aromatic N) is 2. The number of carbonyl (C=O) groups is 2. The van der Waals surface area contributed by atoms with Gasteiger partial charge in [-0.1, -0.05) is 18.2 Å². The van der Waals surface area contributed by atoms with Gasteiger partial charge in [0, 0.05) is 19.6 Å². The molecule has 1 saturated carbocycles. The van der Waals surface area contributed by atoms with Crippen LogP contribution in [0.15, 0.2) is 47.4 Å². The number of nitrogens with one attached hydrogen (secondary N) is 1. The smallest absolute Gasteiger partial charge is 0.406 e. The normalized spacial score (nSPS) is 21.9. The summed E-state index contributed by atoms with van der Waals surface area (Å²) in [4.78, 5) is 27.1. The number of amides is 2. The Morgan fingerprint density at radius 3 is 2.46 bits per heavy atom. The van der Waals surface area contributed by atoms with E-state index in [0.717, 1.165) is 71.5 Å². The number of hydrogen-bond acceptors (Lipinski definition) is 6. The van der Waals surface area contributed by atoms with Gasteiger partial charge >= 0.3 is 6.36 Å². The summed E-state index contributed by atoms with van der Waals surface area (Å²) in [6.45, 7) is 1.78. The molecular weight excluding hydrogens is 561 g/mol. The van der Waals surface area contributed by atoms with Crippen LogP contribution < -0.4 is 15.8 Å². The number of rotatable bonds is 10. The summed E-state index contributed by atoms with van der Waals surface area (Å²) < 4.78 is 69.3. The average Bonchev–Trinajstić information content (AvgIpc) is 3.73. The Balaban J connectivity index is 1.35. The molecule has 1 unspecified atom stereocenters. The van der Waals surface area contributed by atoms with Gasteiger partial charge in [0.1, 0.15) is 11.8 Å². The molecule has 1 saturated heterocycles. The molecule has 3 N–H and O–H groups in total. The van der Waals surface area contributed by atoms with E-state index in [1.54, 1.807) is 4.90 Å². The van der Waals surface area contributed by atoms with Crippen LogP contribution in [-0.4, -0.2) is 61.5 Å². The number of fused-ring (bicyclic) bond motifs is 1. The minimum absolute atomic E-state index is 0.0946. The summed E-state index contributed by atoms with van der Waals surface area (Å²) >= 11 is 0. The SMILES string of the molecule is NC(=O)CC1C(=O)N([C@@H]2CCCc3cc(CNCC4CC4)ccc32)CCN1S(=O)(=O)c1ccc(OC(F)(F)F)cc1. The van der Waals surface area contributed by atoms with Crippen LogP contribution in [-0.2, 0) is 32.6 Å². The number of nitrogens with two attached hydrogens (primary N) is 1. The number of halogens is 3. The summed E-state index contributed by atoms with van der Waals surface area (Å²) in [5.74, 6) is -1.17. The summed E-state index contributed by atoms with van der Waals surface area (Å²) in [5, 5.41) is 3.49. The second-order valence-corrected chi connectivity index (χ2v) is 12.8. The van der Waals surface area contributed by atoms with Crippen LogP contribution in [0.3, 0.4) is 0 Å². The molecule has 0 spiro atoms. The van der Waals surface area contributed by atoms with Crippen molar-refractivity contribution >= 4 is 21.8 Å². The Bertz CT molecular complexity index is 1400. The lowest BCUT2D eigenvalue weighted by molar-refractivity contribution is -0.274. The van der Waals surface area contributed by atoms with Crippen LogP contribution in [0.2, 0.25) is 0 Å². The summed E-state index contributed by atoms with van der Waals surface area (Å²) in [7, 11) is -4.35. The molecule has 41 heavy (non-hydrogen) atoms. The van der Waals surface area contributed by atoms with E-state index in [9.17, 15) is 31.2 Å². The molecular formula is C28H33F3N4O5S. The van der Waals surface area contributed by atoms with Crippen LogP contribution in [0.5, 0.6) is 5.75 Å². The lowest BCUT2D eigenvalue weighted by Crippen LogP contribution is -2.60. The topological polar surface area (TPSA) is 122 Å². The molecule has 0 bridgehead atoms. The lowest BCUT2D eigenvalue weighted by Gasteiger charge is -2.44. The Labute approximate surface area is 236 Å². The van der Waals surface area contributed by atoms with Gasteiger partial charge in [0.15, 0.2) is 0 Å². The van der Waals surface area contributed by atoms with E-state index in [1.807, 2.05) is 6.07 Å². The molecule has 2 aliphatic carbocycles. The Morgan fingerprint density at radius 2 is 1.80 bits per heavy atom. The lowest BCUT2D eigenvalue weighted by atomic mass is 9.85. The molecule has 9 nitrogen and oxygen atoms in total. The van der Waals surface area contributed by atoms with Gasteiger partial charge in [-0.2, -0.15) is 4.31 Å². The zero-order chi connectivity index (χ0) is 29.4. The molecule has 1 heterocycles. The fourth-order valence-corrected chi connectivity index (χ4v) is 7.30. The first-order chi connectivity index (χ1) is 19.4.